The molecule has 4 aromatic rings. The SMILES string of the molecule is COc1cc(/C=C(\NC(=O)c2ccccc2)C(=O)Nc2cccc(SCC(=O)c3ccc(C)cc3)c2)cc(OC)c1OC. The second kappa shape index (κ2) is 14.7. The summed E-state index contributed by atoms with van der Waals surface area (Å²) in [5, 5.41) is 5.59. The van der Waals surface area contributed by atoms with Crippen LogP contribution in [-0.4, -0.2) is 44.7 Å². The van der Waals surface area contributed by atoms with E-state index in [4.69, 9.17) is 14.2 Å². The molecule has 4 aromatic carbocycles. The summed E-state index contributed by atoms with van der Waals surface area (Å²) in [6, 6.07) is 26.6. The van der Waals surface area contributed by atoms with Crippen molar-refractivity contribution in [3.8, 4) is 17.2 Å². The fourth-order valence-electron chi connectivity index (χ4n) is 4.13. The van der Waals surface area contributed by atoms with Crippen LogP contribution in [0, 0.1) is 6.92 Å². The fraction of sp³-hybridized carbons (Fsp3) is 0.147. The molecule has 0 aliphatic heterocycles. The molecule has 0 spiro atoms. The van der Waals surface area contributed by atoms with Crippen molar-refractivity contribution in [3.05, 3.63) is 119 Å². The molecular formula is C34H32N2O6S. The van der Waals surface area contributed by atoms with Crippen LogP contribution in [0.5, 0.6) is 17.2 Å². The van der Waals surface area contributed by atoms with Crippen molar-refractivity contribution in [1.29, 1.82) is 0 Å². The molecule has 0 unspecified atom stereocenters. The van der Waals surface area contributed by atoms with Gasteiger partial charge in [-0.15, -0.1) is 11.8 Å². The molecule has 0 aliphatic rings. The number of benzene rings is 4. The van der Waals surface area contributed by atoms with Crippen molar-refractivity contribution < 1.29 is 28.6 Å². The standard InChI is InChI=1S/C34H32N2O6S/c1-22-13-15-24(16-14-22)29(37)21-43-27-12-8-11-26(20-27)35-34(39)28(36-33(38)25-9-6-5-7-10-25)17-23-18-30(40-2)32(42-4)31(19-23)41-3/h5-20H,21H2,1-4H3,(H,35,39)(H,36,38)/b28-17-. The van der Waals surface area contributed by atoms with E-state index in [0.717, 1.165) is 10.5 Å². The van der Waals surface area contributed by atoms with Gasteiger partial charge in [-0.2, -0.15) is 0 Å². The first kappa shape index (κ1) is 30.9. The van der Waals surface area contributed by atoms with E-state index in [1.807, 2.05) is 37.3 Å². The van der Waals surface area contributed by atoms with E-state index in [0.29, 0.717) is 39.6 Å². The zero-order valence-electron chi connectivity index (χ0n) is 24.3. The van der Waals surface area contributed by atoms with E-state index in [9.17, 15) is 14.4 Å². The maximum absolute atomic E-state index is 13.6. The van der Waals surface area contributed by atoms with E-state index < -0.39 is 11.8 Å². The average Bonchev–Trinajstić information content (AvgIpc) is 3.03. The molecule has 4 rings (SSSR count). The highest BCUT2D eigenvalue weighted by Gasteiger charge is 2.18. The Morgan fingerprint density at radius 3 is 2.07 bits per heavy atom. The highest BCUT2D eigenvalue weighted by Crippen LogP contribution is 2.38. The van der Waals surface area contributed by atoms with Crippen LogP contribution in [0.2, 0.25) is 0 Å². The summed E-state index contributed by atoms with van der Waals surface area (Å²) in [5.41, 5.74) is 3.16. The number of carbonyl (C=O) groups excluding carboxylic acids is 3. The highest BCUT2D eigenvalue weighted by molar-refractivity contribution is 8.00. The second-order valence-corrected chi connectivity index (χ2v) is 10.4. The normalized spacial score (nSPS) is 10.9. The van der Waals surface area contributed by atoms with Crippen LogP contribution in [0.1, 0.15) is 31.8 Å². The summed E-state index contributed by atoms with van der Waals surface area (Å²) in [6.07, 6.45) is 1.53. The zero-order valence-corrected chi connectivity index (χ0v) is 25.1. The Hall–Kier alpha value is -5.02. The van der Waals surface area contributed by atoms with Crippen LogP contribution in [0.25, 0.3) is 6.08 Å². The van der Waals surface area contributed by atoms with Gasteiger partial charge in [0.2, 0.25) is 5.75 Å². The smallest absolute Gasteiger partial charge is 0.272 e. The first-order valence-corrected chi connectivity index (χ1v) is 14.3. The van der Waals surface area contributed by atoms with Crippen LogP contribution < -0.4 is 24.8 Å². The first-order valence-electron chi connectivity index (χ1n) is 13.3. The number of aryl methyl sites for hydroxylation is 1. The Morgan fingerprint density at radius 2 is 1.44 bits per heavy atom. The van der Waals surface area contributed by atoms with Crippen molar-refractivity contribution in [1.82, 2.24) is 5.32 Å². The zero-order chi connectivity index (χ0) is 30.8. The summed E-state index contributed by atoms with van der Waals surface area (Å²) in [6.45, 7) is 1.97. The van der Waals surface area contributed by atoms with Crippen LogP contribution in [-0.2, 0) is 4.79 Å². The minimum absolute atomic E-state index is 0.00395. The number of Topliss-reactive ketones (excluding diaryl/α,β-unsaturated/α-hetero) is 1. The summed E-state index contributed by atoms with van der Waals surface area (Å²) in [4.78, 5) is 40.1. The van der Waals surface area contributed by atoms with E-state index in [1.54, 1.807) is 60.7 Å². The van der Waals surface area contributed by atoms with E-state index in [2.05, 4.69) is 10.6 Å². The Kier molecular flexibility index (Phi) is 10.6. The van der Waals surface area contributed by atoms with Gasteiger partial charge < -0.3 is 24.8 Å². The Bertz CT molecular complexity index is 1610. The molecule has 8 nitrogen and oxygen atoms in total. The van der Waals surface area contributed by atoms with Crippen LogP contribution in [0.3, 0.4) is 0 Å². The van der Waals surface area contributed by atoms with Crippen molar-refractivity contribution in [2.75, 3.05) is 32.4 Å². The predicted molar refractivity (Wildman–Crippen MR) is 169 cm³/mol. The molecular weight excluding hydrogens is 564 g/mol. The largest absolute Gasteiger partial charge is 0.493 e. The van der Waals surface area contributed by atoms with Crippen molar-refractivity contribution >= 4 is 41.1 Å². The third-order valence-electron chi connectivity index (χ3n) is 6.36. The van der Waals surface area contributed by atoms with Crippen molar-refractivity contribution in [2.24, 2.45) is 0 Å². The van der Waals surface area contributed by atoms with Gasteiger partial charge in [-0.25, -0.2) is 0 Å². The maximum Gasteiger partial charge on any atom is 0.272 e. The molecule has 0 bridgehead atoms. The van der Waals surface area contributed by atoms with Crippen molar-refractivity contribution in [2.45, 2.75) is 11.8 Å². The van der Waals surface area contributed by atoms with E-state index in [1.165, 1.54) is 39.2 Å². The number of ketones is 1. The Balaban J connectivity index is 1.57. The highest BCUT2D eigenvalue weighted by atomic mass is 32.2. The third-order valence-corrected chi connectivity index (χ3v) is 7.36. The maximum atomic E-state index is 13.6. The summed E-state index contributed by atoms with van der Waals surface area (Å²) in [5.74, 6) is 0.457. The van der Waals surface area contributed by atoms with E-state index >= 15 is 0 Å². The lowest BCUT2D eigenvalue weighted by Gasteiger charge is -2.15. The number of carbonyl (C=O) groups is 3. The molecule has 0 saturated heterocycles. The minimum atomic E-state index is -0.545. The molecule has 0 aliphatic carbocycles. The molecule has 0 aromatic heterocycles. The number of hydrogen-bond acceptors (Lipinski definition) is 7. The summed E-state index contributed by atoms with van der Waals surface area (Å²) >= 11 is 1.37. The number of rotatable bonds is 12. The predicted octanol–water partition coefficient (Wildman–Crippen LogP) is 6.41. The molecule has 0 radical (unpaired) electrons. The molecule has 9 heteroatoms. The number of nitrogens with one attached hydrogen (secondary N) is 2. The van der Waals surface area contributed by atoms with Crippen LogP contribution >= 0.6 is 11.8 Å². The topological polar surface area (TPSA) is 103 Å². The van der Waals surface area contributed by atoms with Crippen LogP contribution in [0.15, 0.2) is 102 Å². The van der Waals surface area contributed by atoms with Crippen molar-refractivity contribution in [3.63, 3.8) is 0 Å². The van der Waals surface area contributed by atoms with E-state index in [-0.39, 0.29) is 17.2 Å². The van der Waals surface area contributed by atoms with Gasteiger partial charge in [0.05, 0.1) is 27.1 Å². The van der Waals surface area contributed by atoms with Gasteiger partial charge in [0.1, 0.15) is 5.70 Å². The van der Waals surface area contributed by atoms with Gasteiger partial charge in [0.15, 0.2) is 17.3 Å². The lowest BCUT2D eigenvalue weighted by atomic mass is 10.1. The van der Waals surface area contributed by atoms with Gasteiger partial charge in [-0.3, -0.25) is 14.4 Å². The molecule has 0 fully saturated rings. The lowest BCUT2D eigenvalue weighted by molar-refractivity contribution is -0.113. The van der Waals surface area contributed by atoms with Gasteiger partial charge >= 0.3 is 0 Å². The summed E-state index contributed by atoms with van der Waals surface area (Å²) in [7, 11) is 4.49. The van der Waals surface area contributed by atoms with Gasteiger partial charge in [0.25, 0.3) is 11.8 Å². The molecule has 0 atom stereocenters. The second-order valence-electron chi connectivity index (χ2n) is 9.40. The average molecular weight is 597 g/mol. The number of ether oxygens (including phenoxy) is 3. The lowest BCUT2D eigenvalue weighted by Crippen LogP contribution is -2.30. The molecule has 2 amide bonds. The molecule has 2 N–H and O–H groups in total. The monoisotopic (exact) mass is 596 g/mol. The molecule has 0 saturated carbocycles. The van der Waals surface area contributed by atoms with Gasteiger partial charge in [0, 0.05) is 21.7 Å². The van der Waals surface area contributed by atoms with Crippen LogP contribution in [0.4, 0.5) is 5.69 Å². The molecule has 43 heavy (non-hydrogen) atoms. The quantitative estimate of drug-likeness (QED) is 0.111. The number of thioether (sulfide) groups is 1. The molecule has 220 valence electrons. The number of methoxy groups -OCH3 is 3. The minimum Gasteiger partial charge on any atom is -0.493 e. The fourth-order valence-corrected chi connectivity index (χ4v) is 4.98. The molecule has 0 heterocycles. The Labute approximate surface area is 255 Å². The number of anilines is 1. The first-order chi connectivity index (χ1) is 20.8. The number of hydrogen-bond donors (Lipinski definition) is 2. The number of amides is 2. The van der Waals surface area contributed by atoms with Gasteiger partial charge in [-0.1, -0.05) is 54.1 Å². The van der Waals surface area contributed by atoms with Gasteiger partial charge in [-0.05, 0) is 61.0 Å². The Morgan fingerprint density at radius 1 is 0.767 bits per heavy atom. The third kappa shape index (κ3) is 8.27. The summed E-state index contributed by atoms with van der Waals surface area (Å²) < 4.78 is 16.3.